The molecule has 24 heavy (non-hydrogen) atoms. The largest absolute Gasteiger partial charge is 0.337 e. The molecule has 7 heteroatoms. The maximum atomic E-state index is 13.1. The van der Waals surface area contributed by atoms with Gasteiger partial charge in [-0.15, -0.1) is 0 Å². The Morgan fingerprint density at radius 3 is 2.62 bits per heavy atom. The van der Waals surface area contributed by atoms with E-state index in [2.05, 4.69) is 16.7 Å². The molecular formula is C17H21FN4O2. The van der Waals surface area contributed by atoms with E-state index in [-0.39, 0.29) is 30.8 Å². The van der Waals surface area contributed by atoms with Crippen LogP contribution in [0.2, 0.25) is 0 Å². The summed E-state index contributed by atoms with van der Waals surface area (Å²) >= 11 is 0. The zero-order valence-electron chi connectivity index (χ0n) is 13.8. The third-order valence-electron chi connectivity index (χ3n) is 3.96. The van der Waals surface area contributed by atoms with Gasteiger partial charge in [0, 0.05) is 5.69 Å². The van der Waals surface area contributed by atoms with E-state index in [1.807, 2.05) is 0 Å². The first-order chi connectivity index (χ1) is 11.3. The van der Waals surface area contributed by atoms with Crippen LogP contribution in [-0.2, 0) is 9.59 Å². The smallest absolute Gasteiger partial charge is 0.238 e. The molecule has 1 atom stereocenters. The van der Waals surface area contributed by atoms with Gasteiger partial charge in [0.15, 0.2) is 0 Å². The highest BCUT2D eigenvalue weighted by Crippen LogP contribution is 2.39. The van der Waals surface area contributed by atoms with Crippen LogP contribution in [0.1, 0.15) is 19.8 Å². The summed E-state index contributed by atoms with van der Waals surface area (Å²) in [6, 6.07) is 7.76. The number of carbonyl (C=O) groups excluding carboxylic acids is 2. The van der Waals surface area contributed by atoms with Crippen LogP contribution in [0, 0.1) is 23.1 Å². The minimum Gasteiger partial charge on any atom is -0.337 e. The minimum atomic E-state index is -0.845. The van der Waals surface area contributed by atoms with Crippen LogP contribution in [0.3, 0.4) is 0 Å². The Kier molecular flexibility index (Phi) is 5.52. The van der Waals surface area contributed by atoms with Gasteiger partial charge in [0.2, 0.25) is 11.8 Å². The van der Waals surface area contributed by atoms with E-state index in [9.17, 15) is 19.2 Å². The number of carbonyl (C=O) groups is 2. The van der Waals surface area contributed by atoms with Crippen molar-refractivity contribution < 1.29 is 14.0 Å². The fourth-order valence-electron chi connectivity index (χ4n) is 2.52. The third kappa shape index (κ3) is 5.03. The molecule has 1 aromatic carbocycles. The number of hydrogen-bond acceptors (Lipinski definition) is 4. The van der Waals surface area contributed by atoms with E-state index < -0.39 is 11.4 Å². The Labute approximate surface area is 140 Å². The van der Waals surface area contributed by atoms with Crippen LogP contribution in [0.25, 0.3) is 0 Å². The van der Waals surface area contributed by atoms with Crippen molar-refractivity contribution in [2.24, 2.45) is 5.92 Å². The van der Waals surface area contributed by atoms with Crippen LogP contribution in [0.4, 0.5) is 10.1 Å². The standard InChI is InChI=1S/C17H21FN4O2/c1-17(11-19,12-6-7-12)21-16(24)10-22(2)9-15(23)20-14-5-3-4-13(18)8-14/h3-5,8,12H,6-7,9-10H2,1-2H3,(H,20,23)(H,21,24)/t17-/m1/s1. The molecule has 1 aromatic rings. The maximum Gasteiger partial charge on any atom is 0.238 e. The second-order valence-corrected chi connectivity index (χ2v) is 6.37. The quantitative estimate of drug-likeness (QED) is 0.792. The minimum absolute atomic E-state index is 0.000556. The predicted molar refractivity (Wildman–Crippen MR) is 87.4 cm³/mol. The SMILES string of the molecule is CN(CC(=O)Nc1cccc(F)c1)CC(=O)N[C@](C)(C#N)C1CC1. The number of benzene rings is 1. The highest BCUT2D eigenvalue weighted by Gasteiger charge is 2.43. The van der Waals surface area contributed by atoms with Gasteiger partial charge in [-0.25, -0.2) is 4.39 Å². The highest BCUT2D eigenvalue weighted by molar-refractivity contribution is 5.92. The fourth-order valence-corrected chi connectivity index (χ4v) is 2.52. The van der Waals surface area contributed by atoms with Crippen LogP contribution in [0.15, 0.2) is 24.3 Å². The van der Waals surface area contributed by atoms with Crippen molar-refractivity contribution in [3.63, 3.8) is 0 Å². The second kappa shape index (κ2) is 7.41. The summed E-state index contributed by atoms with van der Waals surface area (Å²) in [5, 5.41) is 14.6. The molecule has 6 nitrogen and oxygen atoms in total. The van der Waals surface area contributed by atoms with E-state index in [0.717, 1.165) is 12.8 Å². The Morgan fingerprint density at radius 2 is 2.04 bits per heavy atom. The van der Waals surface area contributed by atoms with Gasteiger partial charge in [0.25, 0.3) is 0 Å². The Hall–Kier alpha value is -2.46. The first-order valence-electron chi connectivity index (χ1n) is 7.78. The number of amides is 2. The highest BCUT2D eigenvalue weighted by atomic mass is 19.1. The molecule has 1 fully saturated rings. The Balaban J connectivity index is 1.79. The molecule has 0 heterocycles. The molecule has 0 aromatic heterocycles. The van der Waals surface area contributed by atoms with E-state index >= 15 is 0 Å². The zero-order valence-corrected chi connectivity index (χ0v) is 13.8. The molecule has 1 saturated carbocycles. The fraction of sp³-hybridized carbons (Fsp3) is 0.471. The normalized spacial score (nSPS) is 16.1. The molecule has 0 unspecified atom stereocenters. The van der Waals surface area contributed by atoms with Crippen molar-refractivity contribution in [1.82, 2.24) is 10.2 Å². The van der Waals surface area contributed by atoms with E-state index in [1.165, 1.54) is 23.1 Å². The van der Waals surface area contributed by atoms with Crippen molar-refractivity contribution in [2.75, 3.05) is 25.5 Å². The monoisotopic (exact) mass is 332 g/mol. The third-order valence-corrected chi connectivity index (χ3v) is 3.96. The van der Waals surface area contributed by atoms with Gasteiger partial charge >= 0.3 is 0 Å². The van der Waals surface area contributed by atoms with Crippen molar-refractivity contribution in [1.29, 1.82) is 5.26 Å². The average Bonchev–Trinajstić information content (AvgIpc) is 3.31. The maximum absolute atomic E-state index is 13.1. The van der Waals surface area contributed by atoms with Gasteiger partial charge in [-0.1, -0.05) is 6.07 Å². The molecule has 128 valence electrons. The summed E-state index contributed by atoms with van der Waals surface area (Å²) in [6.45, 7) is 1.70. The lowest BCUT2D eigenvalue weighted by Gasteiger charge is -2.24. The molecular weight excluding hydrogens is 311 g/mol. The average molecular weight is 332 g/mol. The van der Waals surface area contributed by atoms with E-state index in [4.69, 9.17) is 0 Å². The van der Waals surface area contributed by atoms with Gasteiger partial charge in [-0.3, -0.25) is 14.5 Å². The zero-order chi connectivity index (χ0) is 17.7. The summed E-state index contributed by atoms with van der Waals surface area (Å²) in [4.78, 5) is 25.5. The number of rotatable bonds is 7. The first-order valence-corrected chi connectivity index (χ1v) is 7.78. The number of nitrogens with zero attached hydrogens (tertiary/aromatic N) is 2. The van der Waals surface area contributed by atoms with Crippen molar-refractivity contribution >= 4 is 17.5 Å². The molecule has 0 saturated heterocycles. The first kappa shape index (κ1) is 17.9. The number of nitrogens with one attached hydrogen (secondary N) is 2. The Bertz CT molecular complexity index is 669. The van der Waals surface area contributed by atoms with Gasteiger partial charge in [0.1, 0.15) is 11.4 Å². The number of likely N-dealkylation sites (N-methyl/N-ethyl adjacent to an activating group) is 1. The molecule has 2 N–H and O–H groups in total. The number of hydrogen-bond donors (Lipinski definition) is 2. The van der Waals surface area contributed by atoms with Gasteiger partial charge < -0.3 is 10.6 Å². The molecule has 2 amide bonds. The van der Waals surface area contributed by atoms with Crippen molar-refractivity contribution in [2.45, 2.75) is 25.3 Å². The van der Waals surface area contributed by atoms with Gasteiger partial charge in [-0.05, 0) is 50.9 Å². The van der Waals surface area contributed by atoms with Crippen LogP contribution in [0.5, 0.6) is 0 Å². The van der Waals surface area contributed by atoms with Crippen molar-refractivity contribution in [3.05, 3.63) is 30.1 Å². The summed E-state index contributed by atoms with van der Waals surface area (Å²) in [5.74, 6) is -0.877. The lowest BCUT2D eigenvalue weighted by Crippen LogP contribution is -2.50. The van der Waals surface area contributed by atoms with Crippen LogP contribution < -0.4 is 10.6 Å². The molecule has 1 aliphatic rings. The van der Waals surface area contributed by atoms with Crippen LogP contribution >= 0.6 is 0 Å². The lowest BCUT2D eigenvalue weighted by molar-refractivity contribution is -0.124. The summed E-state index contributed by atoms with van der Waals surface area (Å²) < 4.78 is 13.1. The molecule has 0 spiro atoms. The van der Waals surface area contributed by atoms with Gasteiger partial charge in [-0.2, -0.15) is 5.26 Å². The summed E-state index contributed by atoms with van der Waals surface area (Å²) in [7, 11) is 1.63. The Morgan fingerprint density at radius 1 is 1.38 bits per heavy atom. The second-order valence-electron chi connectivity index (χ2n) is 6.37. The van der Waals surface area contributed by atoms with E-state index in [0.29, 0.717) is 5.69 Å². The molecule has 0 bridgehead atoms. The van der Waals surface area contributed by atoms with E-state index in [1.54, 1.807) is 20.0 Å². The summed E-state index contributed by atoms with van der Waals surface area (Å²) in [5.41, 5.74) is -0.481. The predicted octanol–water partition coefficient (Wildman–Crippen LogP) is 1.50. The number of anilines is 1. The molecule has 1 aliphatic carbocycles. The van der Waals surface area contributed by atoms with Gasteiger partial charge in [0.05, 0.1) is 19.2 Å². The number of halogens is 1. The molecule has 0 radical (unpaired) electrons. The molecule has 2 rings (SSSR count). The van der Waals surface area contributed by atoms with Crippen molar-refractivity contribution in [3.8, 4) is 6.07 Å². The lowest BCUT2D eigenvalue weighted by atomic mass is 9.98. The number of nitriles is 1. The van der Waals surface area contributed by atoms with Crippen LogP contribution in [-0.4, -0.2) is 42.4 Å². The molecule has 0 aliphatic heterocycles. The summed E-state index contributed by atoms with van der Waals surface area (Å²) in [6.07, 6.45) is 1.88. The topological polar surface area (TPSA) is 85.2 Å².